The van der Waals surface area contributed by atoms with Crippen LogP contribution >= 0.6 is 0 Å². The Morgan fingerprint density at radius 1 is 1.43 bits per heavy atom. The SMILES string of the molecule is CCC(C)(OC)C(NC)C1CCCC1. The molecule has 2 unspecified atom stereocenters. The maximum Gasteiger partial charge on any atom is 0.0802 e. The third-order valence-corrected chi connectivity index (χ3v) is 4.01. The topological polar surface area (TPSA) is 21.3 Å². The van der Waals surface area contributed by atoms with Gasteiger partial charge in [0.2, 0.25) is 0 Å². The first-order valence-corrected chi connectivity index (χ1v) is 5.90. The van der Waals surface area contributed by atoms with Crippen molar-refractivity contribution in [1.82, 2.24) is 5.32 Å². The third-order valence-electron chi connectivity index (χ3n) is 4.01. The fourth-order valence-corrected chi connectivity index (χ4v) is 2.82. The summed E-state index contributed by atoms with van der Waals surface area (Å²) < 4.78 is 5.69. The normalized spacial score (nSPS) is 24.9. The van der Waals surface area contributed by atoms with Gasteiger partial charge in [-0.3, -0.25) is 0 Å². The van der Waals surface area contributed by atoms with Gasteiger partial charge in [0.15, 0.2) is 0 Å². The molecule has 84 valence electrons. The molecule has 0 aromatic rings. The number of nitrogens with one attached hydrogen (secondary N) is 1. The van der Waals surface area contributed by atoms with Gasteiger partial charge in [0.05, 0.1) is 5.60 Å². The van der Waals surface area contributed by atoms with E-state index < -0.39 is 0 Å². The minimum Gasteiger partial charge on any atom is -0.377 e. The molecule has 0 radical (unpaired) electrons. The van der Waals surface area contributed by atoms with Gasteiger partial charge in [-0.05, 0) is 39.2 Å². The van der Waals surface area contributed by atoms with Crippen LogP contribution in [0.1, 0.15) is 46.0 Å². The van der Waals surface area contributed by atoms with Crippen molar-refractivity contribution in [2.75, 3.05) is 14.2 Å². The number of hydrogen-bond acceptors (Lipinski definition) is 2. The van der Waals surface area contributed by atoms with E-state index in [-0.39, 0.29) is 5.60 Å². The van der Waals surface area contributed by atoms with E-state index in [2.05, 4.69) is 26.2 Å². The van der Waals surface area contributed by atoms with E-state index in [0.717, 1.165) is 12.3 Å². The molecule has 0 aromatic heterocycles. The summed E-state index contributed by atoms with van der Waals surface area (Å²) in [4.78, 5) is 0. The van der Waals surface area contributed by atoms with Crippen molar-refractivity contribution >= 4 is 0 Å². The van der Waals surface area contributed by atoms with Crippen molar-refractivity contribution in [3.05, 3.63) is 0 Å². The predicted octanol–water partition coefficient (Wildman–Crippen LogP) is 2.58. The standard InChI is InChI=1S/C12H25NO/c1-5-12(2,14-4)11(13-3)10-8-6-7-9-10/h10-11,13H,5-9H2,1-4H3. The lowest BCUT2D eigenvalue weighted by Gasteiger charge is -2.39. The van der Waals surface area contributed by atoms with Crippen molar-refractivity contribution in [1.29, 1.82) is 0 Å². The zero-order valence-electron chi connectivity index (χ0n) is 10.1. The van der Waals surface area contributed by atoms with Gasteiger partial charge < -0.3 is 10.1 Å². The van der Waals surface area contributed by atoms with Crippen molar-refractivity contribution < 1.29 is 4.74 Å². The number of methoxy groups -OCH3 is 1. The zero-order chi connectivity index (χ0) is 10.6. The lowest BCUT2D eigenvalue weighted by Crippen LogP contribution is -2.52. The molecule has 0 heterocycles. The lowest BCUT2D eigenvalue weighted by atomic mass is 9.83. The van der Waals surface area contributed by atoms with Gasteiger partial charge in [-0.1, -0.05) is 19.8 Å². The minimum absolute atomic E-state index is 0.00373. The molecule has 1 saturated carbocycles. The second kappa shape index (κ2) is 5.13. The van der Waals surface area contributed by atoms with Crippen LogP contribution in [0.4, 0.5) is 0 Å². The maximum atomic E-state index is 5.69. The third kappa shape index (κ3) is 2.29. The number of rotatable bonds is 5. The molecule has 1 N–H and O–H groups in total. The minimum atomic E-state index is 0.00373. The van der Waals surface area contributed by atoms with E-state index >= 15 is 0 Å². The van der Waals surface area contributed by atoms with Crippen LogP contribution in [0.15, 0.2) is 0 Å². The summed E-state index contributed by atoms with van der Waals surface area (Å²) in [7, 11) is 3.90. The van der Waals surface area contributed by atoms with Crippen LogP contribution in [0, 0.1) is 5.92 Å². The summed E-state index contributed by atoms with van der Waals surface area (Å²) in [5.41, 5.74) is 0.00373. The molecule has 1 fully saturated rings. The van der Waals surface area contributed by atoms with Gasteiger partial charge in [0, 0.05) is 13.2 Å². The Labute approximate surface area is 88.4 Å². The Kier molecular flexibility index (Phi) is 4.39. The highest BCUT2D eigenvalue weighted by Crippen LogP contribution is 2.34. The number of hydrogen-bond donors (Lipinski definition) is 1. The highest BCUT2D eigenvalue weighted by molar-refractivity contribution is 4.93. The molecule has 2 nitrogen and oxygen atoms in total. The summed E-state index contributed by atoms with van der Waals surface area (Å²) >= 11 is 0. The van der Waals surface area contributed by atoms with Crippen LogP contribution in [0.3, 0.4) is 0 Å². The van der Waals surface area contributed by atoms with Crippen LogP contribution in [0.2, 0.25) is 0 Å². The van der Waals surface area contributed by atoms with Gasteiger partial charge in [-0.2, -0.15) is 0 Å². The molecule has 1 rings (SSSR count). The molecule has 1 aliphatic rings. The van der Waals surface area contributed by atoms with E-state index in [1.165, 1.54) is 25.7 Å². The summed E-state index contributed by atoms with van der Waals surface area (Å²) in [6.45, 7) is 4.44. The van der Waals surface area contributed by atoms with Crippen LogP contribution < -0.4 is 5.32 Å². The first-order valence-electron chi connectivity index (χ1n) is 5.90. The highest BCUT2D eigenvalue weighted by Gasteiger charge is 2.38. The van der Waals surface area contributed by atoms with Crippen LogP contribution in [0.5, 0.6) is 0 Å². The van der Waals surface area contributed by atoms with Crippen molar-refractivity contribution in [2.24, 2.45) is 5.92 Å². The van der Waals surface area contributed by atoms with Crippen LogP contribution in [0.25, 0.3) is 0 Å². The van der Waals surface area contributed by atoms with Gasteiger partial charge >= 0.3 is 0 Å². The molecule has 0 spiro atoms. The monoisotopic (exact) mass is 199 g/mol. The molecule has 0 bridgehead atoms. The Bertz CT molecular complexity index is 160. The Morgan fingerprint density at radius 2 is 2.00 bits per heavy atom. The summed E-state index contributed by atoms with van der Waals surface area (Å²) in [5.74, 6) is 0.810. The predicted molar refractivity (Wildman–Crippen MR) is 60.5 cm³/mol. The maximum absolute atomic E-state index is 5.69. The molecule has 1 aliphatic carbocycles. The smallest absolute Gasteiger partial charge is 0.0802 e. The molecule has 14 heavy (non-hydrogen) atoms. The Balaban J connectivity index is 2.67. The highest BCUT2D eigenvalue weighted by atomic mass is 16.5. The summed E-state index contributed by atoms with van der Waals surface area (Å²) in [6, 6.07) is 0.514. The van der Waals surface area contributed by atoms with E-state index in [4.69, 9.17) is 4.74 Å². The molecule has 2 heteroatoms. The Hall–Kier alpha value is -0.0800. The Morgan fingerprint density at radius 3 is 2.36 bits per heavy atom. The van der Waals surface area contributed by atoms with Crippen LogP contribution in [-0.4, -0.2) is 25.8 Å². The average molecular weight is 199 g/mol. The molecular weight excluding hydrogens is 174 g/mol. The van der Waals surface area contributed by atoms with Crippen molar-refractivity contribution in [3.8, 4) is 0 Å². The van der Waals surface area contributed by atoms with Crippen molar-refractivity contribution in [3.63, 3.8) is 0 Å². The van der Waals surface area contributed by atoms with E-state index in [9.17, 15) is 0 Å². The van der Waals surface area contributed by atoms with E-state index in [1.807, 2.05) is 7.11 Å². The molecule has 0 aliphatic heterocycles. The fraction of sp³-hybridized carbons (Fsp3) is 1.00. The average Bonchev–Trinajstić information content (AvgIpc) is 2.72. The first-order chi connectivity index (χ1) is 6.68. The summed E-state index contributed by atoms with van der Waals surface area (Å²) in [5, 5.41) is 3.46. The number of ether oxygens (including phenoxy) is 1. The van der Waals surface area contributed by atoms with Gasteiger partial charge in [-0.25, -0.2) is 0 Å². The second-order valence-corrected chi connectivity index (χ2v) is 4.68. The van der Waals surface area contributed by atoms with Gasteiger partial charge in [0.1, 0.15) is 0 Å². The zero-order valence-corrected chi connectivity index (χ0v) is 10.1. The first kappa shape index (κ1) is 12.0. The quantitative estimate of drug-likeness (QED) is 0.735. The largest absolute Gasteiger partial charge is 0.377 e. The fourth-order valence-electron chi connectivity index (χ4n) is 2.82. The summed E-state index contributed by atoms with van der Waals surface area (Å²) in [6.07, 6.45) is 6.60. The van der Waals surface area contributed by atoms with E-state index in [1.54, 1.807) is 0 Å². The lowest BCUT2D eigenvalue weighted by molar-refractivity contribution is -0.0426. The molecule has 0 amide bonds. The number of likely N-dealkylation sites (N-methyl/N-ethyl adjacent to an activating group) is 1. The van der Waals surface area contributed by atoms with Crippen molar-refractivity contribution in [2.45, 2.75) is 57.6 Å². The molecule has 0 saturated heterocycles. The molecule has 0 aromatic carbocycles. The van der Waals surface area contributed by atoms with E-state index in [0.29, 0.717) is 6.04 Å². The van der Waals surface area contributed by atoms with Crippen LogP contribution in [-0.2, 0) is 4.74 Å². The second-order valence-electron chi connectivity index (χ2n) is 4.68. The molecule has 2 atom stereocenters. The van der Waals surface area contributed by atoms with Gasteiger partial charge in [-0.15, -0.1) is 0 Å². The molecular formula is C12H25NO. The van der Waals surface area contributed by atoms with Gasteiger partial charge in [0.25, 0.3) is 0 Å².